The van der Waals surface area contributed by atoms with Gasteiger partial charge in [-0.3, -0.25) is 19.4 Å². The van der Waals surface area contributed by atoms with Gasteiger partial charge in [-0.1, -0.05) is 30.3 Å². The first-order chi connectivity index (χ1) is 15.5. The van der Waals surface area contributed by atoms with Gasteiger partial charge in [-0.05, 0) is 30.3 Å². The molecule has 0 aliphatic carbocycles. The SMILES string of the molecule is N#Cc1ccccc1NC(=O)C(=O)[C@@H](C(=O)c1ccncc1)[C@H]1OC(=O)c2ccccc21. The Morgan fingerprint density at radius 3 is 2.44 bits per heavy atom. The second-order valence-corrected chi connectivity index (χ2v) is 6.97. The van der Waals surface area contributed by atoms with E-state index in [0.29, 0.717) is 5.56 Å². The maximum atomic E-state index is 13.3. The first-order valence-electron chi connectivity index (χ1n) is 9.59. The number of para-hydroxylation sites is 1. The number of carbonyl (C=O) groups is 4. The molecule has 0 saturated carbocycles. The van der Waals surface area contributed by atoms with Gasteiger partial charge in [0.15, 0.2) is 5.78 Å². The van der Waals surface area contributed by atoms with Crippen molar-refractivity contribution in [2.24, 2.45) is 5.92 Å². The zero-order valence-corrected chi connectivity index (χ0v) is 16.5. The van der Waals surface area contributed by atoms with Crippen molar-refractivity contribution in [3.63, 3.8) is 0 Å². The van der Waals surface area contributed by atoms with Crippen LogP contribution in [0.1, 0.15) is 37.9 Å². The molecule has 1 aliphatic rings. The number of cyclic esters (lactones) is 1. The summed E-state index contributed by atoms with van der Waals surface area (Å²) in [5.74, 6) is -5.16. The third kappa shape index (κ3) is 3.75. The molecule has 1 aromatic heterocycles. The molecule has 2 aromatic carbocycles. The summed E-state index contributed by atoms with van der Waals surface area (Å²) in [6.45, 7) is 0. The molecule has 1 aliphatic heterocycles. The largest absolute Gasteiger partial charge is 0.453 e. The highest BCUT2D eigenvalue weighted by Gasteiger charge is 2.46. The highest BCUT2D eigenvalue weighted by Crippen LogP contribution is 2.38. The Bertz CT molecular complexity index is 1280. The number of nitriles is 1. The molecule has 0 fully saturated rings. The number of esters is 1. The van der Waals surface area contributed by atoms with Gasteiger partial charge in [0.25, 0.3) is 5.91 Å². The highest BCUT2D eigenvalue weighted by molar-refractivity contribution is 6.45. The normalized spacial score (nSPS) is 15.1. The minimum absolute atomic E-state index is 0.132. The molecule has 8 nitrogen and oxygen atoms in total. The van der Waals surface area contributed by atoms with Crippen LogP contribution in [0.3, 0.4) is 0 Å². The number of ketones is 2. The van der Waals surface area contributed by atoms with Gasteiger partial charge in [-0.25, -0.2) is 4.79 Å². The number of nitrogens with zero attached hydrogens (tertiary/aromatic N) is 2. The van der Waals surface area contributed by atoms with Gasteiger partial charge in [0, 0.05) is 23.5 Å². The van der Waals surface area contributed by atoms with Crippen molar-refractivity contribution in [1.82, 2.24) is 4.98 Å². The van der Waals surface area contributed by atoms with E-state index in [0.717, 1.165) is 0 Å². The van der Waals surface area contributed by atoms with E-state index in [2.05, 4.69) is 10.3 Å². The summed E-state index contributed by atoms with van der Waals surface area (Å²) in [4.78, 5) is 55.5. The summed E-state index contributed by atoms with van der Waals surface area (Å²) in [6.07, 6.45) is 1.50. The van der Waals surface area contributed by atoms with E-state index < -0.39 is 35.5 Å². The molecule has 0 radical (unpaired) electrons. The Kier molecular flexibility index (Phi) is 5.55. The lowest BCUT2D eigenvalue weighted by atomic mass is 9.85. The molecule has 0 saturated heterocycles. The predicted octanol–water partition coefficient (Wildman–Crippen LogP) is 2.87. The minimum Gasteiger partial charge on any atom is -0.453 e. The van der Waals surface area contributed by atoms with Gasteiger partial charge in [-0.2, -0.15) is 5.26 Å². The van der Waals surface area contributed by atoms with E-state index in [1.54, 1.807) is 30.3 Å². The van der Waals surface area contributed by atoms with Crippen molar-refractivity contribution < 1.29 is 23.9 Å². The number of aromatic nitrogens is 1. The van der Waals surface area contributed by atoms with Crippen LogP contribution in [0.4, 0.5) is 5.69 Å². The third-order valence-corrected chi connectivity index (χ3v) is 5.07. The van der Waals surface area contributed by atoms with Crippen LogP contribution in [0.5, 0.6) is 0 Å². The Morgan fingerprint density at radius 2 is 1.69 bits per heavy atom. The molecular formula is C24H15N3O5. The fourth-order valence-electron chi connectivity index (χ4n) is 3.53. The number of pyridine rings is 1. The Labute approximate surface area is 182 Å². The molecule has 2 heterocycles. The fourth-order valence-corrected chi connectivity index (χ4v) is 3.53. The maximum Gasteiger partial charge on any atom is 0.339 e. The molecule has 1 amide bonds. The number of nitrogens with one attached hydrogen (secondary N) is 1. The number of Topliss-reactive ketones (excluding diaryl/α,β-unsaturated/α-hetero) is 2. The van der Waals surface area contributed by atoms with E-state index >= 15 is 0 Å². The number of amides is 1. The lowest BCUT2D eigenvalue weighted by Gasteiger charge is -2.21. The van der Waals surface area contributed by atoms with Gasteiger partial charge in [0.2, 0.25) is 5.78 Å². The Balaban J connectivity index is 1.72. The van der Waals surface area contributed by atoms with E-state index in [1.807, 2.05) is 6.07 Å². The zero-order valence-electron chi connectivity index (χ0n) is 16.5. The van der Waals surface area contributed by atoms with Crippen LogP contribution in [0.2, 0.25) is 0 Å². The molecule has 3 aromatic rings. The second-order valence-electron chi connectivity index (χ2n) is 6.97. The van der Waals surface area contributed by atoms with Crippen molar-refractivity contribution in [3.05, 3.63) is 95.3 Å². The van der Waals surface area contributed by atoms with Crippen LogP contribution >= 0.6 is 0 Å². The summed E-state index contributed by atoms with van der Waals surface area (Å²) in [6, 6.07) is 17.3. The maximum absolute atomic E-state index is 13.3. The van der Waals surface area contributed by atoms with Gasteiger partial charge < -0.3 is 10.1 Å². The minimum atomic E-state index is -1.61. The third-order valence-electron chi connectivity index (χ3n) is 5.07. The van der Waals surface area contributed by atoms with Crippen molar-refractivity contribution in [2.75, 3.05) is 5.32 Å². The van der Waals surface area contributed by atoms with Crippen LogP contribution in [0.25, 0.3) is 0 Å². The number of benzene rings is 2. The monoisotopic (exact) mass is 425 g/mol. The van der Waals surface area contributed by atoms with Crippen molar-refractivity contribution in [3.8, 4) is 6.07 Å². The molecular weight excluding hydrogens is 410 g/mol. The molecule has 1 N–H and O–H groups in total. The molecule has 0 bridgehead atoms. The van der Waals surface area contributed by atoms with E-state index in [9.17, 15) is 24.4 Å². The van der Waals surface area contributed by atoms with Crippen molar-refractivity contribution >= 4 is 29.1 Å². The zero-order chi connectivity index (χ0) is 22.7. The van der Waals surface area contributed by atoms with Crippen molar-refractivity contribution in [2.45, 2.75) is 6.10 Å². The fraction of sp³-hybridized carbons (Fsp3) is 0.0833. The first-order valence-corrected chi connectivity index (χ1v) is 9.59. The van der Waals surface area contributed by atoms with Gasteiger partial charge in [-0.15, -0.1) is 0 Å². The number of rotatable bonds is 6. The predicted molar refractivity (Wildman–Crippen MR) is 111 cm³/mol. The lowest BCUT2D eigenvalue weighted by Crippen LogP contribution is -2.38. The molecule has 156 valence electrons. The molecule has 32 heavy (non-hydrogen) atoms. The standard InChI is InChI=1S/C24H15N3O5/c25-13-15-5-1-4-8-18(15)27-23(30)21(29)19(20(28)14-9-11-26-12-10-14)22-16-6-2-3-7-17(16)24(31)32-22/h1-12,19,22H,(H,27,30)/t19-,22+/m1/s1. The summed E-state index contributed by atoms with van der Waals surface area (Å²) in [5.41, 5.74) is 1.01. The van der Waals surface area contributed by atoms with Crippen LogP contribution in [-0.2, 0) is 14.3 Å². The molecule has 0 spiro atoms. The molecule has 4 rings (SSSR count). The summed E-state index contributed by atoms with van der Waals surface area (Å²) < 4.78 is 5.37. The smallest absolute Gasteiger partial charge is 0.339 e. The van der Waals surface area contributed by atoms with Gasteiger partial charge >= 0.3 is 5.97 Å². The summed E-state index contributed by atoms with van der Waals surface area (Å²) in [7, 11) is 0. The topological polar surface area (TPSA) is 126 Å². The van der Waals surface area contributed by atoms with E-state index in [1.165, 1.54) is 42.7 Å². The van der Waals surface area contributed by atoms with Crippen molar-refractivity contribution in [1.29, 1.82) is 5.26 Å². The number of ether oxygens (including phenoxy) is 1. The number of fused-ring (bicyclic) bond motifs is 1. The lowest BCUT2D eigenvalue weighted by molar-refractivity contribution is -0.138. The quantitative estimate of drug-likeness (QED) is 0.278. The Hall–Kier alpha value is -4.64. The summed E-state index contributed by atoms with van der Waals surface area (Å²) in [5, 5.41) is 11.6. The number of hydrogen-bond acceptors (Lipinski definition) is 7. The highest BCUT2D eigenvalue weighted by atomic mass is 16.5. The number of hydrogen-bond donors (Lipinski definition) is 1. The number of anilines is 1. The Morgan fingerprint density at radius 1 is 1.00 bits per heavy atom. The second kappa shape index (κ2) is 8.62. The van der Waals surface area contributed by atoms with Gasteiger partial charge in [0.05, 0.1) is 16.8 Å². The molecule has 0 unspecified atom stereocenters. The van der Waals surface area contributed by atoms with Crippen LogP contribution in [0, 0.1) is 17.2 Å². The van der Waals surface area contributed by atoms with Crippen LogP contribution in [-0.4, -0.2) is 28.4 Å². The van der Waals surface area contributed by atoms with Gasteiger partial charge in [0.1, 0.15) is 18.1 Å². The van der Waals surface area contributed by atoms with Crippen LogP contribution < -0.4 is 5.32 Å². The molecule has 8 heteroatoms. The van der Waals surface area contributed by atoms with E-state index in [-0.39, 0.29) is 22.4 Å². The summed E-state index contributed by atoms with van der Waals surface area (Å²) >= 11 is 0. The number of carbonyl (C=O) groups excluding carboxylic acids is 4. The first kappa shape index (κ1) is 20.6. The molecule has 2 atom stereocenters. The average molecular weight is 425 g/mol. The van der Waals surface area contributed by atoms with Crippen LogP contribution in [0.15, 0.2) is 73.1 Å². The van der Waals surface area contributed by atoms with E-state index in [4.69, 9.17) is 4.74 Å². The average Bonchev–Trinajstić information content (AvgIpc) is 3.16.